The lowest BCUT2D eigenvalue weighted by Crippen LogP contribution is -2.33. The van der Waals surface area contributed by atoms with Crippen LogP contribution in [0.5, 0.6) is 17.2 Å². The molecule has 0 spiro atoms. The van der Waals surface area contributed by atoms with Crippen molar-refractivity contribution in [2.45, 2.75) is 6.10 Å². The Bertz CT molecular complexity index is 456. The molecule has 1 unspecified atom stereocenters. The summed E-state index contributed by atoms with van der Waals surface area (Å²) in [4.78, 5) is 0. The van der Waals surface area contributed by atoms with Crippen molar-refractivity contribution in [2.75, 3.05) is 33.6 Å². The summed E-state index contributed by atoms with van der Waals surface area (Å²) in [5.41, 5.74) is 0.824. The van der Waals surface area contributed by atoms with Gasteiger partial charge in [0.2, 0.25) is 6.79 Å². The van der Waals surface area contributed by atoms with Gasteiger partial charge in [0.1, 0.15) is 11.9 Å². The van der Waals surface area contributed by atoms with E-state index in [0.29, 0.717) is 35.4 Å². The average molecular weight is 272 g/mol. The standard InChI is InChI=1S/C12H14ClNO4/c1-15-11-7(13)4-8-12(18-6-17-8)10(11)9-5-14-2-3-16-9/h4,9,14H,2-3,5-6H2,1H3. The molecule has 0 saturated carbocycles. The molecule has 2 aliphatic heterocycles. The third kappa shape index (κ3) is 1.88. The van der Waals surface area contributed by atoms with E-state index < -0.39 is 0 Å². The molecule has 1 N–H and O–H groups in total. The highest BCUT2D eigenvalue weighted by Crippen LogP contribution is 2.48. The summed E-state index contributed by atoms with van der Waals surface area (Å²) in [6, 6.07) is 1.71. The molecular weight excluding hydrogens is 258 g/mol. The lowest BCUT2D eigenvalue weighted by molar-refractivity contribution is 0.0245. The van der Waals surface area contributed by atoms with E-state index >= 15 is 0 Å². The van der Waals surface area contributed by atoms with Crippen LogP contribution >= 0.6 is 11.6 Å². The number of halogens is 1. The molecule has 1 aromatic rings. The van der Waals surface area contributed by atoms with Gasteiger partial charge in [-0.05, 0) is 0 Å². The summed E-state index contributed by atoms with van der Waals surface area (Å²) in [7, 11) is 1.59. The first-order valence-corrected chi connectivity index (χ1v) is 6.17. The zero-order valence-electron chi connectivity index (χ0n) is 9.99. The topological polar surface area (TPSA) is 49.0 Å². The first-order chi connectivity index (χ1) is 8.81. The fraction of sp³-hybridized carbons (Fsp3) is 0.500. The molecule has 1 fully saturated rings. The minimum Gasteiger partial charge on any atom is -0.495 e. The van der Waals surface area contributed by atoms with Crippen molar-refractivity contribution in [3.63, 3.8) is 0 Å². The van der Waals surface area contributed by atoms with Gasteiger partial charge < -0.3 is 24.3 Å². The zero-order valence-corrected chi connectivity index (χ0v) is 10.8. The first-order valence-electron chi connectivity index (χ1n) is 5.79. The van der Waals surface area contributed by atoms with Gasteiger partial charge in [0, 0.05) is 19.2 Å². The quantitative estimate of drug-likeness (QED) is 0.888. The fourth-order valence-corrected chi connectivity index (χ4v) is 2.55. The van der Waals surface area contributed by atoms with E-state index in [-0.39, 0.29) is 12.9 Å². The van der Waals surface area contributed by atoms with Crippen molar-refractivity contribution in [2.24, 2.45) is 0 Å². The number of hydrogen-bond acceptors (Lipinski definition) is 5. The van der Waals surface area contributed by atoms with Crippen LogP contribution in [0.1, 0.15) is 11.7 Å². The minimum atomic E-state index is -0.136. The molecule has 6 heteroatoms. The van der Waals surface area contributed by atoms with E-state index in [4.69, 9.17) is 30.5 Å². The van der Waals surface area contributed by atoms with E-state index in [1.807, 2.05) is 0 Å². The number of fused-ring (bicyclic) bond motifs is 1. The Morgan fingerprint density at radius 3 is 3.06 bits per heavy atom. The molecule has 1 atom stereocenters. The van der Waals surface area contributed by atoms with Crippen LogP contribution in [0.4, 0.5) is 0 Å². The van der Waals surface area contributed by atoms with Crippen molar-refractivity contribution < 1.29 is 18.9 Å². The lowest BCUT2D eigenvalue weighted by atomic mass is 10.0. The third-order valence-electron chi connectivity index (χ3n) is 3.06. The number of methoxy groups -OCH3 is 1. The Kier molecular flexibility index (Phi) is 3.20. The zero-order chi connectivity index (χ0) is 12.5. The maximum absolute atomic E-state index is 6.20. The van der Waals surface area contributed by atoms with Gasteiger partial charge in [-0.25, -0.2) is 0 Å². The molecule has 2 heterocycles. The molecule has 98 valence electrons. The monoisotopic (exact) mass is 271 g/mol. The van der Waals surface area contributed by atoms with E-state index in [1.165, 1.54) is 0 Å². The highest BCUT2D eigenvalue weighted by Gasteiger charge is 2.31. The molecule has 18 heavy (non-hydrogen) atoms. The van der Waals surface area contributed by atoms with Gasteiger partial charge in [-0.15, -0.1) is 0 Å². The third-order valence-corrected chi connectivity index (χ3v) is 3.34. The summed E-state index contributed by atoms with van der Waals surface area (Å²) in [5, 5.41) is 3.78. The van der Waals surface area contributed by atoms with Crippen LogP contribution < -0.4 is 19.5 Å². The summed E-state index contributed by atoms with van der Waals surface area (Å²) in [6.45, 7) is 2.40. The van der Waals surface area contributed by atoms with Crippen molar-refractivity contribution in [1.82, 2.24) is 5.32 Å². The Balaban J connectivity index is 2.09. The Morgan fingerprint density at radius 2 is 2.33 bits per heavy atom. The molecule has 1 saturated heterocycles. The lowest BCUT2D eigenvalue weighted by Gasteiger charge is -2.26. The van der Waals surface area contributed by atoms with Gasteiger partial charge in [0.05, 0.1) is 24.3 Å². The molecule has 2 aliphatic rings. The number of morpholine rings is 1. The fourth-order valence-electron chi connectivity index (χ4n) is 2.27. The van der Waals surface area contributed by atoms with Gasteiger partial charge >= 0.3 is 0 Å². The number of benzene rings is 1. The molecule has 3 rings (SSSR count). The van der Waals surface area contributed by atoms with Crippen molar-refractivity contribution in [1.29, 1.82) is 0 Å². The Hall–Kier alpha value is -1.17. The summed E-state index contributed by atoms with van der Waals surface area (Å²) in [5.74, 6) is 1.91. The van der Waals surface area contributed by atoms with Gasteiger partial charge in [-0.3, -0.25) is 0 Å². The van der Waals surface area contributed by atoms with Crippen LogP contribution in [-0.4, -0.2) is 33.6 Å². The largest absolute Gasteiger partial charge is 0.495 e. The van der Waals surface area contributed by atoms with Gasteiger partial charge in [-0.2, -0.15) is 0 Å². The highest BCUT2D eigenvalue weighted by molar-refractivity contribution is 6.32. The van der Waals surface area contributed by atoms with Gasteiger partial charge in [-0.1, -0.05) is 11.6 Å². The number of hydrogen-bond donors (Lipinski definition) is 1. The molecular formula is C12H14ClNO4. The second-order valence-corrected chi connectivity index (χ2v) is 4.51. The smallest absolute Gasteiger partial charge is 0.231 e. The molecule has 0 bridgehead atoms. The Morgan fingerprint density at radius 1 is 1.44 bits per heavy atom. The summed E-state index contributed by atoms with van der Waals surface area (Å²) in [6.07, 6.45) is -0.136. The summed E-state index contributed by atoms with van der Waals surface area (Å²) < 4.78 is 22.0. The van der Waals surface area contributed by atoms with Crippen molar-refractivity contribution in [3.8, 4) is 17.2 Å². The van der Waals surface area contributed by atoms with Gasteiger partial charge in [0.25, 0.3) is 0 Å². The van der Waals surface area contributed by atoms with E-state index in [9.17, 15) is 0 Å². The molecule has 5 nitrogen and oxygen atoms in total. The maximum atomic E-state index is 6.20. The van der Waals surface area contributed by atoms with E-state index in [1.54, 1.807) is 13.2 Å². The predicted octanol–water partition coefficient (Wildman–Crippen LogP) is 1.74. The molecule has 1 aromatic carbocycles. The number of nitrogens with one attached hydrogen (secondary N) is 1. The maximum Gasteiger partial charge on any atom is 0.231 e. The number of ether oxygens (including phenoxy) is 4. The SMILES string of the molecule is COc1c(Cl)cc2c(c1C1CNCCO1)OCO2. The first kappa shape index (κ1) is 11.9. The summed E-state index contributed by atoms with van der Waals surface area (Å²) >= 11 is 6.20. The molecule has 0 aliphatic carbocycles. The number of rotatable bonds is 2. The highest BCUT2D eigenvalue weighted by atomic mass is 35.5. The van der Waals surface area contributed by atoms with E-state index in [0.717, 1.165) is 12.1 Å². The van der Waals surface area contributed by atoms with Crippen LogP contribution in [0.3, 0.4) is 0 Å². The Labute approximate surface area is 110 Å². The molecule has 0 radical (unpaired) electrons. The predicted molar refractivity (Wildman–Crippen MR) is 65.7 cm³/mol. The van der Waals surface area contributed by atoms with Crippen molar-refractivity contribution in [3.05, 3.63) is 16.7 Å². The second-order valence-electron chi connectivity index (χ2n) is 4.10. The second kappa shape index (κ2) is 4.84. The van der Waals surface area contributed by atoms with Crippen LogP contribution in [0.15, 0.2) is 6.07 Å². The van der Waals surface area contributed by atoms with Crippen LogP contribution in [0, 0.1) is 0 Å². The van der Waals surface area contributed by atoms with Crippen LogP contribution in [0.2, 0.25) is 5.02 Å². The normalized spacial score (nSPS) is 22.0. The van der Waals surface area contributed by atoms with E-state index in [2.05, 4.69) is 5.32 Å². The molecule has 0 aromatic heterocycles. The van der Waals surface area contributed by atoms with Crippen molar-refractivity contribution >= 4 is 11.6 Å². The van der Waals surface area contributed by atoms with Crippen LogP contribution in [-0.2, 0) is 4.74 Å². The molecule has 0 amide bonds. The van der Waals surface area contributed by atoms with Crippen LogP contribution in [0.25, 0.3) is 0 Å². The van der Waals surface area contributed by atoms with Gasteiger partial charge in [0.15, 0.2) is 11.5 Å². The average Bonchev–Trinajstić information content (AvgIpc) is 2.85. The minimum absolute atomic E-state index is 0.136.